The zero-order valence-corrected chi connectivity index (χ0v) is 9.67. The van der Waals surface area contributed by atoms with Crippen molar-refractivity contribution < 1.29 is 4.79 Å². The number of amides is 1. The minimum Gasteiger partial charge on any atom is -0.320 e. The van der Waals surface area contributed by atoms with Crippen molar-refractivity contribution in [2.45, 2.75) is 0 Å². The van der Waals surface area contributed by atoms with E-state index in [4.69, 9.17) is 0 Å². The van der Waals surface area contributed by atoms with Crippen LogP contribution >= 0.6 is 15.9 Å². The van der Waals surface area contributed by atoms with Crippen LogP contribution in [0, 0.1) is 0 Å². The molecule has 3 N–H and O–H groups in total. The largest absolute Gasteiger partial charge is 0.320 e. The molecule has 0 aliphatic heterocycles. The molecule has 1 amide bonds. The van der Waals surface area contributed by atoms with E-state index in [1.54, 1.807) is 12.1 Å². The van der Waals surface area contributed by atoms with Crippen molar-refractivity contribution in [3.63, 3.8) is 0 Å². The fourth-order valence-corrected chi connectivity index (χ4v) is 1.59. The minimum absolute atomic E-state index is 0.195. The Morgan fingerprint density at radius 3 is 2.62 bits per heavy atom. The Labute approximate surface area is 99.0 Å². The number of hydrogen-bond acceptors (Lipinski definition) is 2. The molecule has 16 heavy (non-hydrogen) atoms. The molecule has 1 aromatic carbocycles. The summed E-state index contributed by atoms with van der Waals surface area (Å²) in [6.07, 6.45) is 0. The number of aromatic amines is 2. The van der Waals surface area contributed by atoms with Crippen LogP contribution in [-0.2, 0) is 0 Å². The maximum Gasteiger partial charge on any atom is 0.273 e. The monoisotopic (exact) mass is 281 g/mol. The van der Waals surface area contributed by atoms with Gasteiger partial charge in [-0.1, -0.05) is 12.1 Å². The molecule has 0 spiro atoms. The van der Waals surface area contributed by atoms with E-state index in [-0.39, 0.29) is 17.2 Å². The Bertz CT molecular complexity index is 573. The molecule has 0 unspecified atom stereocenters. The van der Waals surface area contributed by atoms with Crippen molar-refractivity contribution >= 4 is 27.5 Å². The van der Waals surface area contributed by atoms with Crippen molar-refractivity contribution in [3.8, 4) is 0 Å². The first-order valence-electron chi connectivity index (χ1n) is 4.50. The number of H-pyrrole nitrogens is 2. The van der Waals surface area contributed by atoms with Crippen molar-refractivity contribution in [2.75, 3.05) is 5.32 Å². The first-order valence-corrected chi connectivity index (χ1v) is 5.29. The minimum atomic E-state index is -0.370. The molecular formula is C10H8BrN3O2. The molecule has 0 aliphatic carbocycles. The molecule has 0 bridgehead atoms. The highest BCUT2D eigenvalue weighted by atomic mass is 79.9. The van der Waals surface area contributed by atoms with Gasteiger partial charge in [-0.2, -0.15) is 0 Å². The zero-order chi connectivity index (χ0) is 11.5. The van der Waals surface area contributed by atoms with Crippen LogP contribution in [-0.4, -0.2) is 16.1 Å². The van der Waals surface area contributed by atoms with E-state index in [0.29, 0.717) is 5.69 Å². The van der Waals surface area contributed by atoms with Crippen LogP contribution in [0.15, 0.2) is 39.6 Å². The summed E-state index contributed by atoms with van der Waals surface area (Å²) in [6, 6.07) is 8.42. The molecule has 0 fully saturated rings. The van der Waals surface area contributed by atoms with Gasteiger partial charge in [0.05, 0.1) is 5.69 Å². The van der Waals surface area contributed by atoms with Crippen LogP contribution in [0.2, 0.25) is 0 Å². The molecule has 2 aromatic rings. The molecular weight excluding hydrogens is 274 g/mol. The van der Waals surface area contributed by atoms with Gasteiger partial charge in [-0.25, -0.2) is 0 Å². The van der Waals surface area contributed by atoms with Crippen LogP contribution in [0.4, 0.5) is 5.69 Å². The van der Waals surface area contributed by atoms with Crippen LogP contribution in [0.25, 0.3) is 0 Å². The number of carbonyl (C=O) groups excluding carboxylic acids is 1. The number of rotatable bonds is 2. The SMILES string of the molecule is O=C(Nc1ccccc1Br)c1cc(=O)[nH][nH]1. The molecule has 0 saturated heterocycles. The van der Waals surface area contributed by atoms with Gasteiger partial charge in [0.25, 0.3) is 11.5 Å². The number of hydrogen-bond donors (Lipinski definition) is 3. The highest BCUT2D eigenvalue weighted by Gasteiger charge is 2.09. The Morgan fingerprint density at radius 2 is 2.00 bits per heavy atom. The number of halogens is 1. The van der Waals surface area contributed by atoms with E-state index in [1.165, 1.54) is 6.07 Å². The summed E-state index contributed by atoms with van der Waals surface area (Å²) in [5, 5.41) is 7.44. The summed E-state index contributed by atoms with van der Waals surface area (Å²) in [5.74, 6) is -0.370. The summed E-state index contributed by atoms with van der Waals surface area (Å²) in [7, 11) is 0. The maximum absolute atomic E-state index is 11.7. The van der Waals surface area contributed by atoms with Gasteiger partial charge in [0, 0.05) is 10.5 Å². The molecule has 0 atom stereocenters. The molecule has 1 aromatic heterocycles. The second-order valence-electron chi connectivity index (χ2n) is 3.11. The van der Waals surface area contributed by atoms with E-state index < -0.39 is 0 Å². The van der Waals surface area contributed by atoms with Gasteiger partial charge in [-0.3, -0.25) is 19.8 Å². The second-order valence-corrected chi connectivity index (χ2v) is 3.96. The lowest BCUT2D eigenvalue weighted by molar-refractivity contribution is 0.102. The number of anilines is 1. The quantitative estimate of drug-likeness (QED) is 0.784. The third-order valence-electron chi connectivity index (χ3n) is 1.96. The smallest absolute Gasteiger partial charge is 0.273 e. The van der Waals surface area contributed by atoms with Gasteiger partial charge in [0.1, 0.15) is 5.69 Å². The molecule has 0 saturated carbocycles. The molecule has 82 valence electrons. The molecule has 2 rings (SSSR count). The lowest BCUT2D eigenvalue weighted by atomic mass is 10.3. The van der Waals surface area contributed by atoms with Gasteiger partial charge in [0.15, 0.2) is 0 Å². The molecule has 6 heteroatoms. The standard InChI is InChI=1S/C10H8BrN3O2/c11-6-3-1-2-4-7(6)12-10(16)8-5-9(15)14-13-8/h1-5H,(H,12,16)(H2,13,14,15). The molecule has 0 aliphatic rings. The van der Waals surface area contributed by atoms with Gasteiger partial charge in [-0.15, -0.1) is 0 Å². The average Bonchev–Trinajstić information content (AvgIpc) is 2.68. The number of nitrogens with one attached hydrogen (secondary N) is 3. The van der Waals surface area contributed by atoms with Crippen LogP contribution in [0.5, 0.6) is 0 Å². The number of carbonyl (C=O) groups is 1. The van der Waals surface area contributed by atoms with Gasteiger partial charge < -0.3 is 5.32 Å². The van der Waals surface area contributed by atoms with E-state index in [0.717, 1.165) is 4.47 Å². The number of aromatic nitrogens is 2. The van der Waals surface area contributed by atoms with Gasteiger partial charge >= 0.3 is 0 Å². The zero-order valence-electron chi connectivity index (χ0n) is 8.08. The van der Waals surface area contributed by atoms with Gasteiger partial charge in [0.2, 0.25) is 0 Å². The maximum atomic E-state index is 11.7. The third-order valence-corrected chi connectivity index (χ3v) is 2.65. The highest BCUT2D eigenvalue weighted by Crippen LogP contribution is 2.21. The summed E-state index contributed by atoms with van der Waals surface area (Å²) in [6.45, 7) is 0. The highest BCUT2D eigenvalue weighted by molar-refractivity contribution is 9.10. The lowest BCUT2D eigenvalue weighted by Crippen LogP contribution is -2.12. The Balaban J connectivity index is 2.20. The number of benzene rings is 1. The topological polar surface area (TPSA) is 77.8 Å². The fourth-order valence-electron chi connectivity index (χ4n) is 1.21. The normalized spacial score (nSPS) is 10.1. The van der Waals surface area contributed by atoms with Crippen molar-refractivity contribution in [1.82, 2.24) is 10.2 Å². The first kappa shape index (κ1) is 10.7. The van der Waals surface area contributed by atoms with Crippen molar-refractivity contribution in [3.05, 3.63) is 50.9 Å². The van der Waals surface area contributed by atoms with Crippen molar-refractivity contribution in [2.24, 2.45) is 0 Å². The van der Waals surface area contributed by atoms with Gasteiger partial charge in [-0.05, 0) is 28.1 Å². The van der Waals surface area contributed by atoms with E-state index >= 15 is 0 Å². The predicted molar refractivity (Wildman–Crippen MR) is 63.5 cm³/mol. The first-order chi connectivity index (χ1) is 7.66. The summed E-state index contributed by atoms with van der Waals surface area (Å²) >= 11 is 3.31. The Morgan fingerprint density at radius 1 is 1.25 bits per heavy atom. The third kappa shape index (κ3) is 2.22. The van der Waals surface area contributed by atoms with Crippen LogP contribution in [0.3, 0.4) is 0 Å². The van der Waals surface area contributed by atoms with Crippen molar-refractivity contribution in [1.29, 1.82) is 0 Å². The van der Waals surface area contributed by atoms with E-state index in [9.17, 15) is 9.59 Å². The van der Waals surface area contributed by atoms with E-state index in [2.05, 4.69) is 31.4 Å². The van der Waals surface area contributed by atoms with Crippen LogP contribution in [0.1, 0.15) is 10.5 Å². The number of para-hydroxylation sites is 1. The Kier molecular flexibility index (Phi) is 2.91. The Hall–Kier alpha value is -1.82. The average molecular weight is 282 g/mol. The summed E-state index contributed by atoms with van der Waals surface area (Å²) in [5.41, 5.74) is 0.507. The summed E-state index contributed by atoms with van der Waals surface area (Å²) < 4.78 is 0.779. The lowest BCUT2D eigenvalue weighted by Gasteiger charge is -2.04. The molecule has 1 heterocycles. The second kappa shape index (κ2) is 4.36. The predicted octanol–water partition coefficient (Wildman–Crippen LogP) is 1.72. The molecule has 5 nitrogen and oxygen atoms in total. The van der Waals surface area contributed by atoms with Crippen LogP contribution < -0.4 is 10.9 Å². The molecule has 0 radical (unpaired) electrons. The van der Waals surface area contributed by atoms with E-state index in [1.807, 2.05) is 12.1 Å². The summed E-state index contributed by atoms with van der Waals surface area (Å²) in [4.78, 5) is 22.5. The fraction of sp³-hybridized carbons (Fsp3) is 0.